The minimum absolute atomic E-state index is 0.346. The van der Waals surface area contributed by atoms with Gasteiger partial charge < -0.3 is 15.2 Å². The van der Waals surface area contributed by atoms with Crippen LogP contribution < -0.4 is 5.32 Å². The van der Waals surface area contributed by atoms with E-state index in [1.54, 1.807) is 0 Å². The Morgan fingerprint density at radius 1 is 1.29 bits per heavy atom. The van der Waals surface area contributed by atoms with E-state index in [-0.39, 0.29) is 0 Å². The molecule has 0 amide bonds. The number of halogens is 1. The van der Waals surface area contributed by atoms with Crippen molar-refractivity contribution in [3.05, 3.63) is 34.3 Å². The molecule has 2 N–H and O–H groups in total. The van der Waals surface area contributed by atoms with Crippen molar-refractivity contribution in [2.75, 3.05) is 13.2 Å². The summed E-state index contributed by atoms with van der Waals surface area (Å²) in [6, 6.07) is 8.12. The van der Waals surface area contributed by atoms with Gasteiger partial charge in [0.15, 0.2) is 0 Å². The van der Waals surface area contributed by atoms with Gasteiger partial charge in [-0.25, -0.2) is 0 Å². The van der Waals surface area contributed by atoms with Gasteiger partial charge in [0.25, 0.3) is 0 Å². The molecule has 0 bridgehead atoms. The molecule has 0 aliphatic heterocycles. The molecular weight excluding hydrogens is 330 g/mol. The first-order chi connectivity index (χ1) is 10.1. The normalized spacial score (nSPS) is 24.0. The number of hydrogen-bond acceptors (Lipinski definition) is 3. The van der Waals surface area contributed by atoms with E-state index < -0.39 is 6.10 Å². The van der Waals surface area contributed by atoms with Crippen LogP contribution in [0.4, 0.5) is 0 Å². The number of nitrogens with one attached hydrogen (secondary N) is 1. The first-order valence-corrected chi connectivity index (χ1v) is 8.68. The predicted molar refractivity (Wildman–Crippen MR) is 89.2 cm³/mol. The van der Waals surface area contributed by atoms with Crippen LogP contribution in [0.1, 0.15) is 38.2 Å². The topological polar surface area (TPSA) is 41.5 Å². The summed E-state index contributed by atoms with van der Waals surface area (Å²) in [6.07, 6.45) is 4.68. The van der Waals surface area contributed by atoms with E-state index >= 15 is 0 Å². The average molecular weight is 356 g/mol. The third-order valence-corrected chi connectivity index (χ3v) is 4.91. The van der Waals surface area contributed by atoms with E-state index in [1.165, 1.54) is 18.4 Å². The Kier molecular flexibility index (Phi) is 7.17. The van der Waals surface area contributed by atoms with Crippen molar-refractivity contribution in [3.8, 4) is 0 Å². The maximum atomic E-state index is 9.98. The van der Waals surface area contributed by atoms with E-state index in [2.05, 4.69) is 34.2 Å². The van der Waals surface area contributed by atoms with Crippen LogP contribution >= 0.6 is 15.9 Å². The molecule has 0 saturated heterocycles. The molecule has 1 fully saturated rings. The number of aliphatic hydroxyl groups excluding tert-OH is 1. The summed E-state index contributed by atoms with van der Waals surface area (Å²) in [5.41, 5.74) is 1.20. The van der Waals surface area contributed by atoms with Gasteiger partial charge in [-0.1, -0.05) is 41.1 Å². The minimum Gasteiger partial charge on any atom is -0.389 e. The molecule has 1 aliphatic carbocycles. The van der Waals surface area contributed by atoms with Gasteiger partial charge in [-0.3, -0.25) is 0 Å². The predicted octanol–water partition coefficient (Wildman–Crippen LogP) is 3.49. The highest BCUT2D eigenvalue weighted by Crippen LogP contribution is 2.25. The molecule has 1 saturated carbocycles. The van der Waals surface area contributed by atoms with Crippen molar-refractivity contribution in [1.29, 1.82) is 0 Å². The molecule has 0 aromatic heterocycles. The van der Waals surface area contributed by atoms with Gasteiger partial charge in [-0.2, -0.15) is 0 Å². The summed E-state index contributed by atoms with van der Waals surface area (Å²) in [7, 11) is 0. The Morgan fingerprint density at radius 2 is 2.00 bits per heavy atom. The molecule has 3 nitrogen and oxygen atoms in total. The fourth-order valence-electron chi connectivity index (χ4n) is 2.72. The number of aliphatic hydroxyl groups is 1. The lowest BCUT2D eigenvalue weighted by Crippen LogP contribution is -2.32. The molecule has 1 aliphatic rings. The monoisotopic (exact) mass is 355 g/mol. The Hall–Kier alpha value is -0.420. The van der Waals surface area contributed by atoms with Gasteiger partial charge >= 0.3 is 0 Å². The average Bonchev–Trinajstić information content (AvgIpc) is 2.49. The highest BCUT2D eigenvalue weighted by molar-refractivity contribution is 9.10. The highest BCUT2D eigenvalue weighted by atomic mass is 79.9. The Labute approximate surface area is 136 Å². The van der Waals surface area contributed by atoms with Crippen molar-refractivity contribution in [1.82, 2.24) is 5.32 Å². The Morgan fingerprint density at radius 3 is 2.71 bits per heavy atom. The fraction of sp³-hybridized carbons (Fsp3) is 0.647. The summed E-state index contributed by atoms with van der Waals surface area (Å²) in [4.78, 5) is 0. The number of rotatable bonds is 7. The zero-order valence-electron chi connectivity index (χ0n) is 12.7. The van der Waals surface area contributed by atoms with E-state index in [1.807, 2.05) is 18.2 Å². The van der Waals surface area contributed by atoms with Crippen molar-refractivity contribution < 1.29 is 9.84 Å². The number of hydrogen-bond donors (Lipinski definition) is 2. The van der Waals surface area contributed by atoms with Crippen LogP contribution in [0.25, 0.3) is 0 Å². The molecule has 1 aromatic carbocycles. The van der Waals surface area contributed by atoms with Gasteiger partial charge in [0.05, 0.1) is 18.8 Å². The standard InChI is InChI=1S/C17H26BrNO2/c1-13-6-8-16(9-7-13)21-12-15(20)11-19-10-14-4-2-3-5-17(14)18/h2-5,13,15-16,19-20H,6-12H2,1H3. The van der Waals surface area contributed by atoms with Crippen molar-refractivity contribution in [2.45, 2.75) is 51.4 Å². The molecule has 118 valence electrons. The maximum absolute atomic E-state index is 9.98. The van der Waals surface area contributed by atoms with Crippen LogP contribution in [0.2, 0.25) is 0 Å². The Bertz CT molecular complexity index is 419. The lowest BCUT2D eigenvalue weighted by Gasteiger charge is -2.27. The Balaban J connectivity index is 1.59. The van der Waals surface area contributed by atoms with Gasteiger partial charge in [-0.05, 0) is 43.2 Å². The first kappa shape index (κ1) is 16.9. The van der Waals surface area contributed by atoms with E-state index in [0.29, 0.717) is 19.3 Å². The molecule has 0 radical (unpaired) electrons. The van der Waals surface area contributed by atoms with Crippen LogP contribution in [0, 0.1) is 5.92 Å². The second-order valence-corrected chi connectivity index (χ2v) is 6.95. The van der Waals surface area contributed by atoms with Gasteiger partial charge in [0.2, 0.25) is 0 Å². The SMILES string of the molecule is CC1CCC(OCC(O)CNCc2ccccc2Br)CC1. The minimum atomic E-state index is -0.438. The second-order valence-electron chi connectivity index (χ2n) is 6.09. The summed E-state index contributed by atoms with van der Waals surface area (Å²) < 4.78 is 6.92. The lowest BCUT2D eigenvalue weighted by atomic mass is 9.89. The molecular formula is C17H26BrNO2. The molecule has 0 heterocycles. The molecule has 1 unspecified atom stereocenters. The number of ether oxygens (including phenoxy) is 1. The largest absolute Gasteiger partial charge is 0.389 e. The summed E-state index contributed by atoms with van der Waals surface area (Å²) in [5, 5.41) is 13.3. The molecule has 1 aromatic rings. The fourth-order valence-corrected chi connectivity index (χ4v) is 3.14. The van der Waals surface area contributed by atoms with Crippen molar-refractivity contribution in [2.24, 2.45) is 5.92 Å². The third kappa shape index (κ3) is 6.07. The van der Waals surface area contributed by atoms with Gasteiger partial charge in [0.1, 0.15) is 0 Å². The molecule has 2 rings (SSSR count). The molecule has 1 atom stereocenters. The van der Waals surface area contributed by atoms with E-state index in [9.17, 15) is 5.11 Å². The first-order valence-electron chi connectivity index (χ1n) is 7.89. The van der Waals surface area contributed by atoms with E-state index in [0.717, 1.165) is 29.8 Å². The van der Waals surface area contributed by atoms with Crippen LogP contribution in [-0.4, -0.2) is 30.5 Å². The van der Waals surface area contributed by atoms with Gasteiger partial charge in [-0.15, -0.1) is 0 Å². The zero-order valence-corrected chi connectivity index (χ0v) is 14.3. The van der Waals surface area contributed by atoms with Crippen molar-refractivity contribution in [3.63, 3.8) is 0 Å². The van der Waals surface area contributed by atoms with E-state index in [4.69, 9.17) is 4.74 Å². The van der Waals surface area contributed by atoms with Crippen LogP contribution in [0.5, 0.6) is 0 Å². The zero-order chi connectivity index (χ0) is 15.1. The molecule has 0 spiro atoms. The van der Waals surface area contributed by atoms with Crippen LogP contribution in [0.15, 0.2) is 28.7 Å². The highest BCUT2D eigenvalue weighted by Gasteiger charge is 2.19. The molecule has 21 heavy (non-hydrogen) atoms. The third-order valence-electron chi connectivity index (χ3n) is 4.14. The van der Waals surface area contributed by atoms with Crippen LogP contribution in [-0.2, 0) is 11.3 Å². The quantitative estimate of drug-likeness (QED) is 0.786. The van der Waals surface area contributed by atoms with Gasteiger partial charge in [0, 0.05) is 17.6 Å². The summed E-state index contributed by atoms with van der Waals surface area (Å²) in [5.74, 6) is 0.834. The smallest absolute Gasteiger partial charge is 0.0897 e. The summed E-state index contributed by atoms with van der Waals surface area (Å²) in [6.45, 7) is 4.04. The second kappa shape index (κ2) is 8.89. The van der Waals surface area contributed by atoms with Crippen molar-refractivity contribution >= 4 is 15.9 Å². The molecule has 4 heteroatoms. The number of benzene rings is 1. The van der Waals surface area contributed by atoms with Crippen LogP contribution in [0.3, 0.4) is 0 Å². The maximum Gasteiger partial charge on any atom is 0.0897 e. The lowest BCUT2D eigenvalue weighted by molar-refractivity contribution is -0.0278. The summed E-state index contributed by atoms with van der Waals surface area (Å²) >= 11 is 3.52.